The van der Waals surface area contributed by atoms with E-state index < -0.39 is 0 Å². The van der Waals surface area contributed by atoms with Crippen molar-refractivity contribution in [2.24, 2.45) is 18.9 Å². The monoisotopic (exact) mass is 258 g/mol. The van der Waals surface area contributed by atoms with Crippen LogP contribution in [0.3, 0.4) is 0 Å². The van der Waals surface area contributed by atoms with Crippen LogP contribution in [0.1, 0.15) is 25.6 Å². The Hall–Kier alpha value is -1.42. The maximum absolute atomic E-state index is 4.73. The van der Waals surface area contributed by atoms with Gasteiger partial charge in [-0.25, -0.2) is 9.97 Å². The van der Waals surface area contributed by atoms with E-state index in [-0.39, 0.29) is 0 Å². The van der Waals surface area contributed by atoms with Gasteiger partial charge in [0.2, 0.25) is 0 Å². The van der Waals surface area contributed by atoms with Crippen molar-refractivity contribution in [2.75, 3.05) is 13.1 Å². The molecule has 4 nitrogen and oxygen atoms in total. The Kier molecular flexibility index (Phi) is 3.51. The lowest BCUT2D eigenvalue weighted by Crippen LogP contribution is -2.34. The molecular formula is C15H22N4. The number of pyridine rings is 1. The third-order valence-electron chi connectivity index (χ3n) is 4.36. The van der Waals surface area contributed by atoms with Crippen molar-refractivity contribution < 1.29 is 0 Å². The van der Waals surface area contributed by atoms with E-state index in [0.717, 1.165) is 35.9 Å². The Morgan fingerprint density at radius 2 is 2.42 bits per heavy atom. The molecular weight excluding hydrogens is 236 g/mol. The summed E-state index contributed by atoms with van der Waals surface area (Å²) in [5.41, 5.74) is 2.00. The SMILES string of the molecule is CC(Cc1nc2cccnc2n1C)C1CCCNC1. The predicted molar refractivity (Wildman–Crippen MR) is 77.0 cm³/mol. The summed E-state index contributed by atoms with van der Waals surface area (Å²) in [7, 11) is 2.07. The molecule has 0 radical (unpaired) electrons. The molecule has 2 unspecified atom stereocenters. The number of fused-ring (bicyclic) bond motifs is 1. The number of hydrogen-bond donors (Lipinski definition) is 1. The Bertz CT molecular complexity index is 554. The highest BCUT2D eigenvalue weighted by Crippen LogP contribution is 2.24. The molecule has 1 aliphatic heterocycles. The van der Waals surface area contributed by atoms with Gasteiger partial charge in [-0.05, 0) is 49.9 Å². The van der Waals surface area contributed by atoms with Gasteiger partial charge < -0.3 is 9.88 Å². The second-order valence-electron chi connectivity index (χ2n) is 5.72. The van der Waals surface area contributed by atoms with Gasteiger partial charge in [-0.3, -0.25) is 0 Å². The van der Waals surface area contributed by atoms with Gasteiger partial charge in [0.25, 0.3) is 0 Å². The van der Waals surface area contributed by atoms with Crippen LogP contribution in [0.25, 0.3) is 11.2 Å². The van der Waals surface area contributed by atoms with E-state index >= 15 is 0 Å². The van der Waals surface area contributed by atoms with Crippen LogP contribution >= 0.6 is 0 Å². The molecule has 0 saturated carbocycles. The number of hydrogen-bond acceptors (Lipinski definition) is 3. The average molecular weight is 258 g/mol. The van der Waals surface area contributed by atoms with Gasteiger partial charge in [-0.15, -0.1) is 0 Å². The van der Waals surface area contributed by atoms with E-state index in [9.17, 15) is 0 Å². The highest BCUT2D eigenvalue weighted by Gasteiger charge is 2.22. The van der Waals surface area contributed by atoms with Crippen LogP contribution in [0.5, 0.6) is 0 Å². The van der Waals surface area contributed by atoms with Crippen molar-refractivity contribution in [1.29, 1.82) is 0 Å². The zero-order chi connectivity index (χ0) is 13.2. The third kappa shape index (κ3) is 2.50. The molecule has 4 heteroatoms. The van der Waals surface area contributed by atoms with E-state index in [1.165, 1.54) is 19.4 Å². The first-order valence-corrected chi connectivity index (χ1v) is 7.22. The lowest BCUT2D eigenvalue weighted by Gasteiger charge is -2.28. The molecule has 1 N–H and O–H groups in total. The number of aryl methyl sites for hydroxylation is 1. The summed E-state index contributed by atoms with van der Waals surface area (Å²) in [5.74, 6) is 2.61. The third-order valence-corrected chi connectivity index (χ3v) is 4.36. The smallest absolute Gasteiger partial charge is 0.159 e. The molecule has 1 fully saturated rings. The van der Waals surface area contributed by atoms with Crippen LogP contribution in [-0.4, -0.2) is 27.6 Å². The first-order chi connectivity index (χ1) is 9.25. The van der Waals surface area contributed by atoms with Crippen molar-refractivity contribution in [3.63, 3.8) is 0 Å². The summed E-state index contributed by atoms with van der Waals surface area (Å²) in [6.45, 7) is 4.69. The minimum absolute atomic E-state index is 0.670. The standard InChI is InChI=1S/C15H22N4/c1-11(12-5-3-7-16-10-12)9-14-18-13-6-4-8-17-15(13)19(14)2/h4,6,8,11-12,16H,3,5,7,9-10H2,1-2H3. The summed E-state index contributed by atoms with van der Waals surface area (Å²) in [4.78, 5) is 9.14. The summed E-state index contributed by atoms with van der Waals surface area (Å²) in [6.07, 6.45) is 5.52. The minimum atomic E-state index is 0.670. The van der Waals surface area contributed by atoms with Crippen molar-refractivity contribution >= 4 is 11.2 Å². The Morgan fingerprint density at radius 1 is 1.53 bits per heavy atom. The van der Waals surface area contributed by atoms with E-state index in [0.29, 0.717) is 5.92 Å². The molecule has 1 aliphatic rings. The molecule has 0 amide bonds. The average Bonchev–Trinajstić information content (AvgIpc) is 2.77. The first-order valence-electron chi connectivity index (χ1n) is 7.22. The Morgan fingerprint density at radius 3 is 3.16 bits per heavy atom. The second kappa shape index (κ2) is 5.29. The number of aromatic nitrogens is 3. The fourth-order valence-electron chi connectivity index (χ4n) is 3.07. The Labute approximate surface area is 114 Å². The van der Waals surface area contributed by atoms with Gasteiger partial charge >= 0.3 is 0 Å². The number of imidazole rings is 1. The van der Waals surface area contributed by atoms with Gasteiger partial charge in [0.05, 0.1) is 0 Å². The molecule has 2 aromatic heterocycles. The van der Waals surface area contributed by atoms with Crippen LogP contribution in [0.2, 0.25) is 0 Å². The van der Waals surface area contributed by atoms with Crippen molar-refractivity contribution in [3.05, 3.63) is 24.2 Å². The molecule has 0 aliphatic carbocycles. The summed E-state index contributed by atoms with van der Waals surface area (Å²) >= 11 is 0. The van der Waals surface area contributed by atoms with E-state index in [1.54, 1.807) is 0 Å². The van der Waals surface area contributed by atoms with Gasteiger partial charge in [-0.2, -0.15) is 0 Å². The molecule has 3 rings (SSSR count). The summed E-state index contributed by atoms with van der Waals surface area (Å²) in [6, 6.07) is 3.99. The lowest BCUT2D eigenvalue weighted by molar-refractivity contribution is 0.275. The largest absolute Gasteiger partial charge is 0.316 e. The normalized spacial score (nSPS) is 21.7. The van der Waals surface area contributed by atoms with E-state index in [4.69, 9.17) is 4.98 Å². The van der Waals surface area contributed by atoms with Crippen molar-refractivity contribution in [1.82, 2.24) is 19.9 Å². The molecule has 3 heterocycles. The number of rotatable bonds is 3. The predicted octanol–water partition coefficient (Wildman–Crippen LogP) is 2.15. The quantitative estimate of drug-likeness (QED) is 0.917. The zero-order valence-corrected chi connectivity index (χ0v) is 11.8. The van der Waals surface area contributed by atoms with Gasteiger partial charge in [0.15, 0.2) is 5.65 Å². The van der Waals surface area contributed by atoms with Crippen LogP contribution in [0.4, 0.5) is 0 Å². The van der Waals surface area contributed by atoms with Crippen LogP contribution in [0.15, 0.2) is 18.3 Å². The summed E-state index contributed by atoms with van der Waals surface area (Å²) < 4.78 is 2.14. The second-order valence-corrected chi connectivity index (χ2v) is 5.72. The highest BCUT2D eigenvalue weighted by molar-refractivity contribution is 5.70. The molecule has 2 atom stereocenters. The molecule has 0 bridgehead atoms. The first kappa shape index (κ1) is 12.6. The Balaban J connectivity index is 1.78. The van der Waals surface area contributed by atoms with Gasteiger partial charge in [0, 0.05) is 19.7 Å². The number of nitrogens with zero attached hydrogens (tertiary/aromatic N) is 3. The molecule has 2 aromatic rings. The molecule has 0 spiro atoms. The van der Waals surface area contributed by atoms with Crippen molar-refractivity contribution in [2.45, 2.75) is 26.2 Å². The fourth-order valence-corrected chi connectivity index (χ4v) is 3.07. The maximum atomic E-state index is 4.73. The van der Waals surface area contributed by atoms with Gasteiger partial charge in [0.1, 0.15) is 11.3 Å². The van der Waals surface area contributed by atoms with E-state index in [2.05, 4.69) is 28.8 Å². The molecule has 0 aromatic carbocycles. The minimum Gasteiger partial charge on any atom is -0.316 e. The van der Waals surface area contributed by atoms with Gasteiger partial charge in [-0.1, -0.05) is 6.92 Å². The van der Waals surface area contributed by atoms with E-state index in [1.807, 2.05) is 18.3 Å². The van der Waals surface area contributed by atoms with Crippen molar-refractivity contribution in [3.8, 4) is 0 Å². The van der Waals surface area contributed by atoms with Crippen LogP contribution in [-0.2, 0) is 13.5 Å². The lowest BCUT2D eigenvalue weighted by atomic mass is 9.85. The summed E-state index contributed by atoms with van der Waals surface area (Å²) in [5, 5.41) is 3.50. The van der Waals surface area contributed by atoms with Crippen LogP contribution < -0.4 is 5.32 Å². The topological polar surface area (TPSA) is 42.7 Å². The fraction of sp³-hybridized carbons (Fsp3) is 0.600. The zero-order valence-electron chi connectivity index (χ0n) is 11.8. The highest BCUT2D eigenvalue weighted by atomic mass is 15.1. The number of piperidine rings is 1. The van der Waals surface area contributed by atoms with Crippen LogP contribution in [0, 0.1) is 11.8 Å². The molecule has 19 heavy (non-hydrogen) atoms. The molecule has 102 valence electrons. The molecule has 1 saturated heterocycles. The number of nitrogens with one attached hydrogen (secondary N) is 1. The maximum Gasteiger partial charge on any atom is 0.159 e.